The van der Waals surface area contributed by atoms with Crippen LogP contribution in [0.3, 0.4) is 0 Å². The number of Topliss-reactive ketones (excluding diaryl/α,β-unsaturated/α-hetero) is 6. The molecule has 1 heterocycles. The Balaban J connectivity index is 0.000000676. The van der Waals surface area contributed by atoms with Gasteiger partial charge in [-0.3, -0.25) is 83.6 Å². The maximum atomic E-state index is 12.8. The van der Waals surface area contributed by atoms with Crippen LogP contribution in [-0.2, 0) is 67.1 Å². The zero-order chi connectivity index (χ0) is 72.3. The van der Waals surface area contributed by atoms with E-state index < -0.39 is 24.2 Å². The van der Waals surface area contributed by atoms with Crippen molar-refractivity contribution in [2.45, 2.75) is 121 Å². The molecule has 0 saturated carbocycles. The van der Waals surface area contributed by atoms with Gasteiger partial charge in [-0.1, -0.05) is 110 Å². The fourth-order valence-corrected chi connectivity index (χ4v) is 11.1. The second-order valence-corrected chi connectivity index (χ2v) is 24.7. The van der Waals surface area contributed by atoms with E-state index in [2.05, 4.69) is 141 Å². The van der Waals surface area contributed by atoms with Crippen LogP contribution in [0.2, 0.25) is 0 Å². The number of amides is 6. The molecule has 1 aliphatic carbocycles. The van der Waals surface area contributed by atoms with Gasteiger partial charge in [0.05, 0.1) is 118 Å². The van der Waals surface area contributed by atoms with Gasteiger partial charge in [0.15, 0.2) is 28.9 Å². The van der Waals surface area contributed by atoms with E-state index in [0.29, 0.717) is 83.4 Å². The number of fused-ring (bicyclic) bond motifs is 3. The van der Waals surface area contributed by atoms with E-state index in [9.17, 15) is 62.3 Å². The Bertz CT molecular complexity index is 2750. The van der Waals surface area contributed by atoms with E-state index in [4.69, 9.17) is 16.2 Å². The van der Waals surface area contributed by atoms with Crippen molar-refractivity contribution in [3.63, 3.8) is 0 Å². The number of halogens is 3. The summed E-state index contributed by atoms with van der Waals surface area (Å²) in [6, 6.07) is 14.3. The number of unbranched alkanes of at least 4 members (excludes halogenated alkanes) is 2. The quantitative estimate of drug-likeness (QED) is 0.0171. The first-order chi connectivity index (χ1) is 46.6. The summed E-state index contributed by atoms with van der Waals surface area (Å²) < 4.78 is 5.20. The van der Waals surface area contributed by atoms with Gasteiger partial charge >= 0.3 is 5.97 Å². The molecule has 97 heavy (non-hydrogen) atoms. The zero-order valence-electron chi connectivity index (χ0n) is 56.3. The predicted molar refractivity (Wildman–Crippen MR) is 385 cm³/mol. The number of alkyl halides is 3. The number of hydrogen-bond acceptors (Lipinski definition) is 24. The number of benzene rings is 2. The van der Waals surface area contributed by atoms with Crippen molar-refractivity contribution in [3.8, 4) is 11.1 Å². The number of thioether (sulfide) groups is 1. The molecule has 0 radical (unpaired) electrons. The highest BCUT2D eigenvalue weighted by molar-refractivity contribution is 9.09. The maximum Gasteiger partial charge on any atom is 0.302 e. The minimum atomic E-state index is -0.614. The van der Waals surface area contributed by atoms with Crippen LogP contribution in [0.1, 0.15) is 102 Å². The van der Waals surface area contributed by atoms with Crippen LogP contribution >= 0.6 is 59.6 Å². The van der Waals surface area contributed by atoms with Crippen LogP contribution in [0.15, 0.2) is 48.5 Å². The summed E-state index contributed by atoms with van der Waals surface area (Å²) in [6.07, 6.45) is 5.25. The van der Waals surface area contributed by atoms with Crippen molar-refractivity contribution in [2.75, 3.05) is 127 Å². The van der Waals surface area contributed by atoms with Gasteiger partial charge in [0, 0.05) is 44.5 Å². The number of carbonyl (C=O) groups is 13. The number of nitrogens with two attached hydrogens (primary N) is 2. The van der Waals surface area contributed by atoms with E-state index in [0.717, 1.165) is 0 Å². The van der Waals surface area contributed by atoms with Crippen molar-refractivity contribution in [3.05, 3.63) is 59.7 Å². The minimum Gasteiger partial charge on any atom is -0.465 e. The smallest absolute Gasteiger partial charge is 0.302 e. The number of carbonyl (C=O) groups excluding carboxylic acids is 13. The summed E-state index contributed by atoms with van der Waals surface area (Å²) in [5, 5.41) is 36.9. The van der Waals surface area contributed by atoms with Crippen molar-refractivity contribution >= 4 is 136 Å². The molecule has 0 bridgehead atoms. The molecule has 5 atom stereocenters. The molecular formula is C64H102Br3N15O14S. The molecule has 1 aliphatic heterocycles. The first-order valence-electron chi connectivity index (χ1n) is 32.3. The monoisotopic (exact) mass is 1570 g/mol. The Kier molecular flexibility index (Phi) is 50.6. The first kappa shape index (κ1) is 89.2. The number of nitrogens with one attached hydrogen (secondary N) is 13. The van der Waals surface area contributed by atoms with Gasteiger partial charge in [0.2, 0.25) is 35.4 Å². The fourth-order valence-electron chi connectivity index (χ4n) is 9.44. The third-order valence-electron chi connectivity index (χ3n) is 14.7. The third kappa shape index (κ3) is 39.5. The van der Waals surface area contributed by atoms with Gasteiger partial charge in [-0.2, -0.15) is 11.8 Å². The van der Waals surface area contributed by atoms with Crippen LogP contribution < -0.4 is 80.6 Å². The van der Waals surface area contributed by atoms with Gasteiger partial charge in [-0.25, -0.2) is 0 Å². The maximum absolute atomic E-state index is 12.8. The van der Waals surface area contributed by atoms with Crippen LogP contribution in [0, 0.1) is 0 Å². The summed E-state index contributed by atoms with van der Waals surface area (Å²) in [6.45, 7) is 7.27. The number of rotatable bonds is 38. The van der Waals surface area contributed by atoms with Crippen molar-refractivity contribution in [1.82, 2.24) is 69.1 Å². The lowest BCUT2D eigenvalue weighted by Crippen LogP contribution is -2.50. The van der Waals surface area contributed by atoms with E-state index in [1.807, 2.05) is 38.1 Å². The largest absolute Gasteiger partial charge is 0.465 e. The number of esters is 1. The second-order valence-electron chi connectivity index (χ2n) is 22.0. The summed E-state index contributed by atoms with van der Waals surface area (Å²) in [7, 11) is 3.41. The summed E-state index contributed by atoms with van der Waals surface area (Å²) >= 11 is 10.4. The number of ketones is 6. The number of hydrogen-bond donors (Lipinski definition) is 15. The minimum absolute atomic E-state index is 0.0151. The average Bonchev–Trinajstić information content (AvgIpc) is 1.62. The lowest BCUT2D eigenvalue weighted by Gasteiger charge is -2.21. The molecule has 4 rings (SSSR count). The molecule has 544 valence electrons. The molecule has 29 nitrogen and oxygen atoms in total. The van der Waals surface area contributed by atoms with E-state index >= 15 is 0 Å². The van der Waals surface area contributed by atoms with Gasteiger partial charge in [0.25, 0.3) is 0 Å². The number of ether oxygens (including phenoxy) is 1. The SMILES string of the molecule is CC(=O)OCC1c2ccccc2-c2ccccc21.CC[C@H](NCC(=O)[C@H](CCCCNC(=O)CBr)NCNC(=O)CNC(=O)CBr)C(=O)CNC.CC[C@H](NCNC(=O)CN)C(=O)CNC.NCC(=O)[C@@H]1CSCC(=O)CCC(=O)NCN[C@@H](CCCCNC(=O)CBr)C(=O)CN1. The predicted octanol–water partition coefficient (Wildman–Crippen LogP) is -0.675. The molecule has 1 fully saturated rings. The Morgan fingerprint density at radius 3 is 1.67 bits per heavy atom. The van der Waals surface area contributed by atoms with E-state index in [1.165, 1.54) is 40.9 Å². The van der Waals surface area contributed by atoms with Crippen LogP contribution in [-0.4, -0.2) is 233 Å². The summed E-state index contributed by atoms with van der Waals surface area (Å²) in [5.41, 5.74) is 15.6. The van der Waals surface area contributed by atoms with E-state index in [1.54, 1.807) is 14.1 Å². The highest BCUT2D eigenvalue weighted by atomic mass is 79.9. The van der Waals surface area contributed by atoms with E-state index in [-0.39, 0.29) is 182 Å². The molecule has 6 amide bonds. The molecule has 2 aromatic carbocycles. The molecule has 1 saturated heterocycles. The average molecular weight is 1580 g/mol. The molecule has 33 heteroatoms. The number of likely N-dealkylation sites (N-methyl/N-ethyl adjacent to an activating group) is 2. The fraction of sp³-hybridized carbons (Fsp3) is 0.609. The highest BCUT2D eigenvalue weighted by Gasteiger charge is 2.29. The van der Waals surface area contributed by atoms with Gasteiger partial charge in [0.1, 0.15) is 12.4 Å². The molecular weight excluding hydrogens is 1470 g/mol. The normalized spacial score (nSPS) is 15.6. The molecule has 0 unspecified atom stereocenters. The lowest BCUT2D eigenvalue weighted by molar-refractivity contribution is -0.141. The zero-order valence-corrected chi connectivity index (χ0v) is 61.9. The molecule has 2 aromatic rings. The Hall–Kier alpha value is -5.82. The standard InChI is InChI=1S/C20H36Br2N6O5.C19H32BrN5O5S.C16H14O2.C9H20N4O2/c1-3-14(16(29)10-23-2)25-11-17(30)15(6-4-5-7-24-18(31)8-21)27-13-28-20(33)12-26-19(32)9-22;20-7-19(30)22-6-2-1-3-14-17(28)9-23-15(16(27)8-21)11-31-10-13(26)4-5-18(29)25-12-24-14;1-11(17)18-10-16-14-8-4-2-6-12(14)13-7-3-5-9-15(13)16;1-3-7(8(14)5-11-2)12-6-13-9(15)4-10/h14-15,23,25,27H,3-13H2,1-2H3,(H,24,31)(H,26,32)(H,28,33);14-15,23-24H,1-12,21H2,(H,22,30)(H,25,29);2-9,16H,10H2,1H3;7,11-12H,3-6,10H2,1-2H3,(H,13,15)/t2*14-,15-;;7-/m00.0/s1. The third-order valence-corrected chi connectivity index (χ3v) is 17.3. The first-order valence-corrected chi connectivity index (χ1v) is 36.8. The van der Waals surface area contributed by atoms with Gasteiger partial charge < -0.3 is 64.1 Å². The van der Waals surface area contributed by atoms with Crippen molar-refractivity contribution in [1.29, 1.82) is 0 Å². The van der Waals surface area contributed by atoms with Crippen LogP contribution in [0.5, 0.6) is 0 Å². The lowest BCUT2D eigenvalue weighted by atomic mass is 9.98. The summed E-state index contributed by atoms with van der Waals surface area (Å²) in [4.78, 5) is 152. The topological polar surface area (TPSA) is 440 Å². The van der Waals surface area contributed by atoms with Crippen LogP contribution in [0.4, 0.5) is 0 Å². The molecule has 2 aliphatic rings. The Labute approximate surface area is 598 Å². The second kappa shape index (κ2) is 55.0. The van der Waals surface area contributed by atoms with Crippen molar-refractivity contribution < 1.29 is 67.1 Å². The summed E-state index contributed by atoms with van der Waals surface area (Å²) in [5.74, 6) is -1.40. The van der Waals surface area contributed by atoms with Gasteiger partial charge in [-0.05, 0) is 87.7 Å². The molecule has 17 N–H and O–H groups in total. The Morgan fingerprint density at radius 1 is 0.608 bits per heavy atom. The van der Waals surface area contributed by atoms with Gasteiger partial charge in [-0.15, -0.1) is 0 Å². The molecule has 0 aromatic heterocycles. The molecule has 0 spiro atoms. The Morgan fingerprint density at radius 2 is 1.13 bits per heavy atom. The van der Waals surface area contributed by atoms with Crippen molar-refractivity contribution in [2.24, 2.45) is 11.5 Å². The van der Waals surface area contributed by atoms with Crippen LogP contribution in [0.25, 0.3) is 11.1 Å². The highest BCUT2D eigenvalue weighted by Crippen LogP contribution is 2.44.